The van der Waals surface area contributed by atoms with Crippen molar-refractivity contribution in [2.75, 3.05) is 11.5 Å². The van der Waals surface area contributed by atoms with Crippen molar-refractivity contribution in [2.24, 2.45) is 4.99 Å². The van der Waals surface area contributed by atoms with Gasteiger partial charge in [-0.1, -0.05) is 36.0 Å². The highest BCUT2D eigenvalue weighted by molar-refractivity contribution is 8.14. The highest BCUT2D eigenvalue weighted by Crippen LogP contribution is 2.38. The van der Waals surface area contributed by atoms with E-state index in [9.17, 15) is 24.0 Å². The maximum absolute atomic E-state index is 13.6. The van der Waals surface area contributed by atoms with E-state index in [0.717, 1.165) is 37.4 Å². The minimum Gasteiger partial charge on any atom is -0.463 e. The summed E-state index contributed by atoms with van der Waals surface area (Å²) >= 11 is 2.37. The number of carbonyl (C=O) groups excluding carboxylic acids is 5. The Bertz CT molecular complexity index is 1390. The molecule has 2 aliphatic heterocycles. The number of anilines is 1. The van der Waals surface area contributed by atoms with Gasteiger partial charge in [0, 0.05) is 32.6 Å². The van der Waals surface area contributed by atoms with Crippen LogP contribution in [0, 0.1) is 0 Å². The number of benzene rings is 1. The summed E-state index contributed by atoms with van der Waals surface area (Å²) in [4.78, 5) is 68.4. The lowest BCUT2D eigenvalue weighted by molar-refractivity contribution is -0.237. The van der Waals surface area contributed by atoms with Crippen LogP contribution in [0.5, 0.6) is 0 Å². The van der Waals surface area contributed by atoms with Gasteiger partial charge in [0.15, 0.2) is 28.9 Å². The summed E-state index contributed by atoms with van der Waals surface area (Å²) in [5, 5.41) is 2.06. The molecule has 12 nitrogen and oxygen atoms in total. The molecule has 0 N–H and O–H groups in total. The summed E-state index contributed by atoms with van der Waals surface area (Å²) < 4.78 is 27.9. The number of carbonyl (C=O) groups is 5. The lowest BCUT2D eigenvalue weighted by Gasteiger charge is -2.44. The number of nitrogens with zero attached hydrogens (tertiary/aromatic N) is 2. The monoisotopic (exact) mass is 616 g/mol. The van der Waals surface area contributed by atoms with Crippen LogP contribution in [0.2, 0.25) is 0 Å². The highest BCUT2D eigenvalue weighted by Gasteiger charge is 2.53. The summed E-state index contributed by atoms with van der Waals surface area (Å²) in [6.45, 7) is 4.28. The van der Waals surface area contributed by atoms with Crippen LogP contribution in [0.1, 0.15) is 32.6 Å². The number of rotatable bonds is 8. The zero-order chi connectivity index (χ0) is 30.4. The van der Waals surface area contributed by atoms with Crippen molar-refractivity contribution in [2.45, 2.75) is 57.5 Å². The van der Waals surface area contributed by atoms with Crippen LogP contribution in [0.25, 0.3) is 6.08 Å². The van der Waals surface area contributed by atoms with Gasteiger partial charge >= 0.3 is 23.9 Å². The number of hydrogen-bond acceptors (Lipinski definition) is 13. The average Bonchev–Trinajstić information content (AvgIpc) is 3.54. The quantitative estimate of drug-likeness (QED) is 0.244. The molecule has 222 valence electrons. The first kappa shape index (κ1) is 30.9. The van der Waals surface area contributed by atoms with Gasteiger partial charge in [-0.25, -0.2) is 4.99 Å². The normalized spacial score (nSPS) is 24.6. The van der Waals surface area contributed by atoms with Crippen LogP contribution in [-0.4, -0.2) is 71.4 Å². The second-order valence-electron chi connectivity index (χ2n) is 9.10. The van der Waals surface area contributed by atoms with Crippen molar-refractivity contribution in [1.82, 2.24) is 0 Å². The Morgan fingerprint density at radius 1 is 0.905 bits per heavy atom. The van der Waals surface area contributed by atoms with E-state index in [2.05, 4.69) is 4.99 Å². The number of esters is 4. The molecule has 5 atom stereocenters. The van der Waals surface area contributed by atoms with Crippen LogP contribution in [0.4, 0.5) is 5.69 Å². The zero-order valence-corrected chi connectivity index (χ0v) is 24.7. The second-order valence-corrected chi connectivity index (χ2v) is 11.1. The Kier molecular flexibility index (Phi) is 10.1. The number of thiophene rings is 1. The van der Waals surface area contributed by atoms with E-state index in [4.69, 9.17) is 23.7 Å². The molecule has 2 aliphatic rings. The largest absolute Gasteiger partial charge is 0.463 e. The molecule has 1 saturated heterocycles. The molecule has 2 aromatic rings. The SMILES string of the molecule is CC(=O)OC[C@@H]1O[C@@H](SC2=N/C(=C\c3cccs3)C(=O)N2c2ccccc2)[C@@H](OC(C)=O)[C@@H](OC(C)=O)[C@@H]1OC(C)=O. The number of hydrogen-bond donors (Lipinski definition) is 0. The molecule has 1 amide bonds. The minimum atomic E-state index is -1.34. The van der Waals surface area contributed by atoms with Crippen molar-refractivity contribution in [3.8, 4) is 0 Å². The standard InChI is InChI=1S/C28H28N2O10S2/c1-15(31)36-14-22-23(37-16(2)32)24(38-17(3)33)25(39-18(4)34)27(40-22)42-28-29-21(13-20-11-8-12-41-20)26(35)30(28)19-9-6-5-7-10-19/h5-13,22-25,27H,14H2,1-4H3/b21-13-/t22-,23+,24-,25-,27-/m0/s1. The van der Waals surface area contributed by atoms with Gasteiger partial charge in [0.05, 0.1) is 5.69 Å². The van der Waals surface area contributed by atoms with Crippen molar-refractivity contribution in [1.29, 1.82) is 0 Å². The van der Waals surface area contributed by atoms with Crippen molar-refractivity contribution >= 4 is 69.8 Å². The maximum Gasteiger partial charge on any atom is 0.303 e. The third-order valence-electron chi connectivity index (χ3n) is 5.84. The van der Waals surface area contributed by atoms with Crippen molar-refractivity contribution in [3.05, 3.63) is 58.4 Å². The molecule has 0 bridgehead atoms. The molecule has 0 saturated carbocycles. The van der Waals surface area contributed by atoms with E-state index >= 15 is 0 Å². The minimum absolute atomic E-state index is 0.162. The predicted molar refractivity (Wildman–Crippen MR) is 153 cm³/mol. The summed E-state index contributed by atoms with van der Waals surface area (Å²) in [7, 11) is 0. The van der Waals surface area contributed by atoms with Crippen LogP contribution in [0.15, 0.2) is 58.5 Å². The number of amidine groups is 1. The molecular weight excluding hydrogens is 588 g/mol. The van der Waals surface area contributed by atoms with Crippen molar-refractivity contribution < 1.29 is 47.7 Å². The average molecular weight is 617 g/mol. The van der Waals surface area contributed by atoms with Crippen LogP contribution >= 0.6 is 23.1 Å². The fourth-order valence-electron chi connectivity index (χ4n) is 4.28. The first-order chi connectivity index (χ1) is 20.0. The molecule has 0 radical (unpaired) electrons. The molecule has 4 rings (SSSR count). The molecular formula is C28H28N2O10S2. The Labute approximate surface area is 249 Å². The van der Waals surface area contributed by atoms with Gasteiger partial charge in [-0.3, -0.25) is 28.9 Å². The smallest absolute Gasteiger partial charge is 0.303 e. The highest BCUT2D eigenvalue weighted by atomic mass is 32.2. The summed E-state index contributed by atoms with van der Waals surface area (Å²) in [5.74, 6) is -3.23. The van der Waals surface area contributed by atoms with E-state index in [1.165, 1.54) is 23.2 Å². The number of para-hydroxylation sites is 1. The molecule has 0 spiro atoms. The molecule has 1 aromatic carbocycles. The fraction of sp³-hybridized carbons (Fsp3) is 0.357. The van der Waals surface area contributed by atoms with E-state index in [-0.39, 0.29) is 17.5 Å². The zero-order valence-electron chi connectivity index (χ0n) is 23.1. The second kappa shape index (κ2) is 13.8. The Morgan fingerprint density at radius 2 is 1.55 bits per heavy atom. The number of aliphatic imine (C=N–C) groups is 1. The van der Waals surface area contributed by atoms with Crippen LogP contribution < -0.4 is 4.90 Å². The van der Waals surface area contributed by atoms with Crippen LogP contribution in [-0.2, 0) is 47.7 Å². The van der Waals surface area contributed by atoms with Gasteiger partial charge in [-0.15, -0.1) is 11.3 Å². The lowest BCUT2D eigenvalue weighted by atomic mass is 9.99. The number of ether oxygens (including phenoxy) is 5. The molecule has 42 heavy (non-hydrogen) atoms. The van der Waals surface area contributed by atoms with Gasteiger partial charge < -0.3 is 23.7 Å². The molecule has 0 aliphatic carbocycles. The van der Waals surface area contributed by atoms with Crippen LogP contribution in [0.3, 0.4) is 0 Å². The molecule has 14 heteroatoms. The molecule has 1 fully saturated rings. The Morgan fingerprint density at radius 3 is 2.14 bits per heavy atom. The van der Waals surface area contributed by atoms with Gasteiger partial charge in [0.2, 0.25) is 0 Å². The molecule has 0 unspecified atom stereocenters. The first-order valence-corrected chi connectivity index (χ1v) is 14.5. The van der Waals surface area contributed by atoms with Gasteiger partial charge in [-0.2, -0.15) is 0 Å². The summed E-state index contributed by atoms with van der Waals surface area (Å²) in [6, 6.07) is 12.5. The first-order valence-electron chi connectivity index (χ1n) is 12.7. The molecule has 3 heterocycles. The van der Waals surface area contributed by atoms with Gasteiger partial charge in [-0.05, 0) is 29.7 Å². The lowest BCUT2D eigenvalue weighted by Crippen LogP contribution is -2.61. The van der Waals surface area contributed by atoms with Gasteiger partial charge in [0.25, 0.3) is 5.91 Å². The fourth-order valence-corrected chi connectivity index (χ4v) is 6.12. The third-order valence-corrected chi connectivity index (χ3v) is 7.75. The van der Waals surface area contributed by atoms with E-state index in [1.54, 1.807) is 36.4 Å². The van der Waals surface area contributed by atoms with Crippen molar-refractivity contribution in [3.63, 3.8) is 0 Å². The van der Waals surface area contributed by atoms with E-state index in [1.807, 2.05) is 17.5 Å². The summed E-state index contributed by atoms with van der Waals surface area (Å²) in [6.07, 6.45) is -3.42. The van der Waals surface area contributed by atoms with E-state index in [0.29, 0.717) is 5.69 Å². The topological polar surface area (TPSA) is 147 Å². The maximum atomic E-state index is 13.6. The Hall–Kier alpha value is -4.01. The summed E-state index contributed by atoms with van der Waals surface area (Å²) in [5.41, 5.74) is -0.465. The Balaban J connectivity index is 1.77. The number of thioether (sulfide) groups is 1. The van der Waals surface area contributed by atoms with Gasteiger partial charge in [0.1, 0.15) is 18.4 Å². The predicted octanol–water partition coefficient (Wildman–Crippen LogP) is 3.31. The molecule has 1 aromatic heterocycles. The number of amides is 1. The van der Waals surface area contributed by atoms with E-state index < -0.39 is 59.6 Å². The third kappa shape index (κ3) is 7.63.